The van der Waals surface area contributed by atoms with Crippen LogP contribution in [-0.2, 0) is 10.0 Å². The maximum Gasteiger partial charge on any atom is 0.251 e. The Kier molecular flexibility index (Phi) is 5.20. The zero-order chi connectivity index (χ0) is 16.3. The van der Waals surface area contributed by atoms with Gasteiger partial charge >= 0.3 is 0 Å². The van der Waals surface area contributed by atoms with Crippen molar-refractivity contribution in [2.45, 2.75) is 37.6 Å². The lowest BCUT2D eigenvalue weighted by molar-refractivity contribution is 0.0949. The Hall–Kier alpha value is -1.44. The van der Waals surface area contributed by atoms with Gasteiger partial charge in [-0.25, -0.2) is 13.1 Å². The number of aryl methyl sites for hydroxylation is 1. The zero-order valence-electron chi connectivity index (χ0n) is 12.9. The van der Waals surface area contributed by atoms with Crippen LogP contribution in [0.3, 0.4) is 0 Å². The van der Waals surface area contributed by atoms with Crippen LogP contribution in [0.5, 0.6) is 0 Å². The number of nitrogens with two attached hydrogens (primary N) is 1. The first-order valence-corrected chi connectivity index (χ1v) is 8.97. The summed E-state index contributed by atoms with van der Waals surface area (Å²) in [5, 5.41) is 2.79. The van der Waals surface area contributed by atoms with Crippen LogP contribution in [0.2, 0.25) is 0 Å². The number of nitrogens with one attached hydrogen (secondary N) is 2. The summed E-state index contributed by atoms with van der Waals surface area (Å²) < 4.78 is 26.5. The van der Waals surface area contributed by atoms with Gasteiger partial charge in [0.1, 0.15) is 0 Å². The Bertz CT molecular complexity index is 654. The minimum Gasteiger partial charge on any atom is -0.350 e. The van der Waals surface area contributed by atoms with E-state index in [4.69, 9.17) is 5.73 Å². The molecule has 1 atom stereocenters. The Morgan fingerprint density at radius 1 is 1.41 bits per heavy atom. The molecule has 1 aromatic rings. The van der Waals surface area contributed by atoms with E-state index in [1.807, 2.05) is 0 Å². The van der Waals surface area contributed by atoms with Crippen LogP contribution in [0.15, 0.2) is 23.1 Å². The average Bonchev–Trinajstić information content (AvgIpc) is 3.29. The number of rotatable bonds is 7. The zero-order valence-corrected chi connectivity index (χ0v) is 13.7. The van der Waals surface area contributed by atoms with Crippen molar-refractivity contribution in [2.75, 3.05) is 13.1 Å². The fourth-order valence-electron chi connectivity index (χ4n) is 2.28. The average molecular weight is 325 g/mol. The summed E-state index contributed by atoms with van der Waals surface area (Å²) in [5.74, 6) is 0.212. The highest BCUT2D eigenvalue weighted by molar-refractivity contribution is 7.89. The molecule has 122 valence electrons. The van der Waals surface area contributed by atoms with Gasteiger partial charge in [-0.2, -0.15) is 0 Å². The lowest BCUT2D eigenvalue weighted by Crippen LogP contribution is -2.38. The molecule has 1 aliphatic carbocycles. The monoisotopic (exact) mass is 325 g/mol. The molecule has 0 saturated heterocycles. The number of hydrogen-bond acceptors (Lipinski definition) is 4. The molecular formula is C15H23N3O3S. The molecular weight excluding hydrogens is 302 g/mol. The van der Waals surface area contributed by atoms with Gasteiger partial charge in [-0.1, -0.05) is 13.0 Å². The molecule has 1 amide bonds. The molecule has 0 radical (unpaired) electrons. The maximum absolute atomic E-state index is 12.3. The summed E-state index contributed by atoms with van der Waals surface area (Å²) in [5.41, 5.74) is 7.05. The van der Waals surface area contributed by atoms with Crippen molar-refractivity contribution in [3.63, 3.8) is 0 Å². The molecule has 1 aliphatic rings. The van der Waals surface area contributed by atoms with E-state index in [0.717, 1.165) is 18.4 Å². The molecule has 0 spiro atoms. The molecule has 0 aromatic heterocycles. The van der Waals surface area contributed by atoms with Crippen LogP contribution in [0.4, 0.5) is 0 Å². The van der Waals surface area contributed by atoms with Crippen molar-refractivity contribution in [2.24, 2.45) is 11.7 Å². The first-order chi connectivity index (χ1) is 10.3. The molecule has 2 rings (SSSR count). The molecule has 7 heteroatoms. The second kappa shape index (κ2) is 6.76. The van der Waals surface area contributed by atoms with Crippen molar-refractivity contribution in [3.05, 3.63) is 29.3 Å². The first kappa shape index (κ1) is 16.9. The fraction of sp³-hybridized carbons (Fsp3) is 0.533. The van der Waals surface area contributed by atoms with E-state index in [1.165, 1.54) is 12.1 Å². The van der Waals surface area contributed by atoms with Gasteiger partial charge in [0.05, 0.1) is 4.90 Å². The molecule has 0 bridgehead atoms. The smallest absolute Gasteiger partial charge is 0.251 e. The van der Waals surface area contributed by atoms with E-state index < -0.39 is 10.0 Å². The van der Waals surface area contributed by atoms with Crippen LogP contribution >= 0.6 is 0 Å². The third-order valence-corrected chi connectivity index (χ3v) is 5.37. The topological polar surface area (TPSA) is 101 Å². The van der Waals surface area contributed by atoms with E-state index in [1.54, 1.807) is 19.9 Å². The quantitative estimate of drug-likeness (QED) is 0.689. The van der Waals surface area contributed by atoms with Crippen LogP contribution in [-0.4, -0.2) is 33.5 Å². The molecule has 1 aromatic carbocycles. The number of amides is 1. The SMILES string of the molecule is CCNS(=O)(=O)c1ccc(C)c(C(=O)NCC(N)C2CC2)c1. The third-order valence-electron chi connectivity index (χ3n) is 3.82. The van der Waals surface area contributed by atoms with Crippen LogP contribution < -0.4 is 15.8 Å². The normalized spacial score (nSPS) is 16.3. The third kappa shape index (κ3) is 4.06. The molecule has 6 nitrogen and oxygen atoms in total. The Morgan fingerprint density at radius 3 is 2.68 bits per heavy atom. The Labute approximate surface area is 131 Å². The number of sulfonamides is 1. The predicted octanol–water partition coefficient (Wildman–Crippen LogP) is 0.760. The molecule has 0 aliphatic heterocycles. The molecule has 22 heavy (non-hydrogen) atoms. The Balaban J connectivity index is 2.13. The summed E-state index contributed by atoms with van der Waals surface area (Å²) in [6, 6.07) is 4.52. The van der Waals surface area contributed by atoms with Gasteiger partial charge in [-0.15, -0.1) is 0 Å². The summed E-state index contributed by atoms with van der Waals surface area (Å²) in [4.78, 5) is 12.4. The molecule has 0 heterocycles. The summed E-state index contributed by atoms with van der Waals surface area (Å²) in [7, 11) is -3.57. The van der Waals surface area contributed by atoms with Gasteiger partial charge in [0.25, 0.3) is 5.91 Å². The van der Waals surface area contributed by atoms with E-state index in [9.17, 15) is 13.2 Å². The first-order valence-electron chi connectivity index (χ1n) is 7.49. The number of carbonyl (C=O) groups is 1. The van der Waals surface area contributed by atoms with Gasteiger partial charge in [0.15, 0.2) is 0 Å². The molecule has 1 saturated carbocycles. The minimum absolute atomic E-state index is 0.0297. The Morgan fingerprint density at radius 2 is 2.09 bits per heavy atom. The largest absolute Gasteiger partial charge is 0.350 e. The maximum atomic E-state index is 12.3. The highest BCUT2D eigenvalue weighted by atomic mass is 32.2. The minimum atomic E-state index is -3.57. The summed E-state index contributed by atoms with van der Waals surface area (Å²) in [6.45, 7) is 4.19. The van der Waals surface area contributed by atoms with Gasteiger partial charge in [0.2, 0.25) is 10.0 Å². The van der Waals surface area contributed by atoms with Crippen molar-refractivity contribution in [1.82, 2.24) is 10.0 Å². The van der Waals surface area contributed by atoms with Gasteiger partial charge < -0.3 is 11.1 Å². The molecule has 1 unspecified atom stereocenters. The van der Waals surface area contributed by atoms with Crippen molar-refractivity contribution >= 4 is 15.9 Å². The van der Waals surface area contributed by atoms with Crippen LogP contribution in [0.25, 0.3) is 0 Å². The van der Waals surface area contributed by atoms with E-state index in [-0.39, 0.29) is 16.8 Å². The fourth-order valence-corrected chi connectivity index (χ4v) is 3.35. The summed E-state index contributed by atoms with van der Waals surface area (Å²) >= 11 is 0. The summed E-state index contributed by atoms with van der Waals surface area (Å²) in [6.07, 6.45) is 2.24. The van der Waals surface area contributed by atoms with Gasteiger partial charge in [0, 0.05) is 24.7 Å². The molecule has 1 fully saturated rings. The van der Waals surface area contributed by atoms with Crippen molar-refractivity contribution in [3.8, 4) is 0 Å². The molecule has 4 N–H and O–H groups in total. The van der Waals surface area contributed by atoms with Crippen molar-refractivity contribution in [1.29, 1.82) is 0 Å². The van der Waals surface area contributed by atoms with Gasteiger partial charge in [-0.05, 0) is 43.4 Å². The van der Waals surface area contributed by atoms with Crippen LogP contribution in [0, 0.1) is 12.8 Å². The second-order valence-electron chi connectivity index (χ2n) is 5.69. The number of hydrogen-bond donors (Lipinski definition) is 3. The van der Waals surface area contributed by atoms with E-state index >= 15 is 0 Å². The second-order valence-corrected chi connectivity index (χ2v) is 7.46. The standard InChI is InChI=1S/C15H23N3O3S/c1-3-18-22(20,21)12-7-4-10(2)13(8-12)15(19)17-9-14(16)11-5-6-11/h4,7-8,11,14,18H,3,5-6,9,16H2,1-2H3,(H,17,19). The predicted molar refractivity (Wildman–Crippen MR) is 85.1 cm³/mol. The van der Waals surface area contributed by atoms with Crippen LogP contribution in [0.1, 0.15) is 35.7 Å². The number of benzene rings is 1. The highest BCUT2D eigenvalue weighted by Gasteiger charge is 2.28. The van der Waals surface area contributed by atoms with Gasteiger partial charge in [-0.3, -0.25) is 4.79 Å². The number of carbonyl (C=O) groups excluding carboxylic acids is 1. The van der Waals surface area contributed by atoms with Crippen molar-refractivity contribution < 1.29 is 13.2 Å². The van der Waals surface area contributed by atoms with E-state index in [2.05, 4.69) is 10.0 Å². The van der Waals surface area contributed by atoms with E-state index in [0.29, 0.717) is 24.6 Å². The lowest BCUT2D eigenvalue weighted by atomic mass is 10.1. The highest BCUT2D eigenvalue weighted by Crippen LogP contribution is 2.31. The lowest BCUT2D eigenvalue weighted by Gasteiger charge is -2.13.